The lowest BCUT2D eigenvalue weighted by Gasteiger charge is -1.92. The third kappa shape index (κ3) is 3.14. The van der Waals surface area contributed by atoms with E-state index in [1.165, 1.54) is 0 Å². The van der Waals surface area contributed by atoms with Gasteiger partial charge in [0.25, 0.3) is 0 Å². The quantitative estimate of drug-likeness (QED) is 0.548. The summed E-state index contributed by atoms with van der Waals surface area (Å²) in [5.41, 5.74) is 5.15. The van der Waals surface area contributed by atoms with Crippen molar-refractivity contribution in [2.24, 2.45) is 5.73 Å². The Morgan fingerprint density at radius 3 is 2.50 bits per heavy atom. The molecule has 0 bridgehead atoms. The van der Waals surface area contributed by atoms with Gasteiger partial charge in [-0.1, -0.05) is 0 Å². The second kappa shape index (κ2) is 4.11. The van der Waals surface area contributed by atoms with E-state index in [9.17, 15) is 0 Å². The molecule has 0 aliphatic heterocycles. The molecule has 42 valence electrons. The predicted molar refractivity (Wildman–Crippen MR) is 28.4 cm³/mol. The van der Waals surface area contributed by atoms with Gasteiger partial charge in [0.1, 0.15) is 0 Å². The van der Waals surface area contributed by atoms with E-state index in [0.717, 1.165) is 0 Å². The van der Waals surface area contributed by atoms with Crippen LogP contribution in [0, 0.1) is 22.7 Å². The van der Waals surface area contributed by atoms with Crippen molar-refractivity contribution in [2.45, 2.75) is 18.9 Å². The summed E-state index contributed by atoms with van der Waals surface area (Å²) in [5, 5.41) is 16.1. The normalized spacial score (nSPS) is 11.4. The van der Waals surface area contributed by atoms with Crippen LogP contribution in [0.3, 0.4) is 0 Å². The van der Waals surface area contributed by atoms with Crippen molar-refractivity contribution in [3.05, 3.63) is 0 Å². The zero-order chi connectivity index (χ0) is 6.41. The van der Waals surface area contributed by atoms with Gasteiger partial charge in [-0.05, 0) is 6.42 Å². The lowest BCUT2D eigenvalue weighted by atomic mass is 10.2. The third-order valence-corrected chi connectivity index (χ3v) is 0.733. The van der Waals surface area contributed by atoms with Crippen LogP contribution in [0.1, 0.15) is 12.8 Å². The average Bonchev–Trinajstić information content (AvgIpc) is 1.83. The third-order valence-electron chi connectivity index (χ3n) is 0.733. The summed E-state index contributed by atoms with van der Waals surface area (Å²) in [4.78, 5) is 0. The van der Waals surface area contributed by atoms with Gasteiger partial charge in [-0.3, -0.25) is 0 Å². The molecular formula is C5H7N3. The fourth-order valence-corrected chi connectivity index (χ4v) is 0.285. The van der Waals surface area contributed by atoms with Crippen LogP contribution in [0.2, 0.25) is 0 Å². The summed E-state index contributed by atoms with van der Waals surface area (Å²) in [6.07, 6.45) is 0.849. The standard InChI is InChI=1S/C5H7N3/c6-3-1-2-5(8)4-7/h5H,1-2,8H2/t5-/m1/s1. The molecule has 0 aromatic carbocycles. The first kappa shape index (κ1) is 6.94. The summed E-state index contributed by atoms with van der Waals surface area (Å²) in [5.74, 6) is 0. The van der Waals surface area contributed by atoms with Crippen LogP contribution in [0.25, 0.3) is 0 Å². The van der Waals surface area contributed by atoms with Crippen molar-refractivity contribution in [1.29, 1.82) is 10.5 Å². The minimum absolute atomic E-state index is 0.370. The molecule has 0 unspecified atom stereocenters. The molecule has 0 aliphatic carbocycles. The highest BCUT2D eigenvalue weighted by molar-refractivity contribution is 4.88. The Labute approximate surface area is 48.3 Å². The van der Waals surface area contributed by atoms with Crippen molar-refractivity contribution in [3.63, 3.8) is 0 Å². The number of hydrogen-bond donors (Lipinski definition) is 1. The second-order valence-corrected chi connectivity index (χ2v) is 1.43. The van der Waals surface area contributed by atoms with Gasteiger partial charge in [-0.2, -0.15) is 10.5 Å². The summed E-state index contributed by atoms with van der Waals surface area (Å²) in [6, 6.07) is 3.26. The van der Waals surface area contributed by atoms with E-state index in [1.807, 2.05) is 12.1 Å². The molecule has 3 nitrogen and oxygen atoms in total. The number of hydrogen-bond acceptors (Lipinski definition) is 3. The molecule has 0 aromatic rings. The Hall–Kier alpha value is -1.06. The van der Waals surface area contributed by atoms with Gasteiger partial charge >= 0.3 is 0 Å². The smallest absolute Gasteiger partial charge is 0.0937 e. The minimum atomic E-state index is -0.463. The molecule has 0 saturated heterocycles. The topological polar surface area (TPSA) is 73.6 Å². The molecule has 0 saturated carbocycles. The fraction of sp³-hybridized carbons (Fsp3) is 0.600. The van der Waals surface area contributed by atoms with Gasteiger partial charge in [0, 0.05) is 6.42 Å². The largest absolute Gasteiger partial charge is 0.316 e. The van der Waals surface area contributed by atoms with Crippen LogP contribution in [0.5, 0.6) is 0 Å². The molecule has 0 heterocycles. The van der Waals surface area contributed by atoms with E-state index in [-0.39, 0.29) is 0 Å². The SMILES string of the molecule is N#CCC[C@@H](N)C#N. The highest BCUT2D eigenvalue weighted by Gasteiger charge is 1.95. The van der Waals surface area contributed by atoms with E-state index < -0.39 is 6.04 Å². The molecule has 0 amide bonds. The Morgan fingerprint density at radius 1 is 1.50 bits per heavy atom. The Bertz CT molecular complexity index is 128. The highest BCUT2D eigenvalue weighted by atomic mass is 14.6. The summed E-state index contributed by atoms with van der Waals surface area (Å²) in [7, 11) is 0. The molecule has 2 N–H and O–H groups in total. The first-order valence-corrected chi connectivity index (χ1v) is 2.33. The van der Waals surface area contributed by atoms with Crippen LogP contribution in [0.15, 0.2) is 0 Å². The van der Waals surface area contributed by atoms with Crippen LogP contribution >= 0.6 is 0 Å². The Balaban J connectivity index is 3.18. The van der Waals surface area contributed by atoms with Crippen molar-refractivity contribution in [1.82, 2.24) is 0 Å². The maximum absolute atomic E-state index is 8.08. The van der Waals surface area contributed by atoms with Gasteiger partial charge in [-0.25, -0.2) is 0 Å². The molecule has 0 radical (unpaired) electrons. The summed E-state index contributed by atoms with van der Waals surface area (Å²) in [6.45, 7) is 0. The van der Waals surface area contributed by atoms with Crippen LogP contribution < -0.4 is 5.73 Å². The molecule has 3 heteroatoms. The lowest BCUT2D eigenvalue weighted by molar-refractivity contribution is 0.750. The van der Waals surface area contributed by atoms with Gasteiger partial charge in [0.15, 0.2) is 0 Å². The van der Waals surface area contributed by atoms with Crippen molar-refractivity contribution < 1.29 is 0 Å². The van der Waals surface area contributed by atoms with E-state index in [2.05, 4.69) is 0 Å². The monoisotopic (exact) mass is 109 g/mol. The van der Waals surface area contributed by atoms with Crippen molar-refractivity contribution in [2.75, 3.05) is 0 Å². The second-order valence-electron chi connectivity index (χ2n) is 1.43. The maximum atomic E-state index is 8.08. The summed E-state index contributed by atoms with van der Waals surface area (Å²) < 4.78 is 0. The van der Waals surface area contributed by atoms with E-state index in [4.69, 9.17) is 16.3 Å². The Kier molecular flexibility index (Phi) is 3.56. The lowest BCUT2D eigenvalue weighted by Crippen LogP contribution is -2.16. The number of nitrogens with zero attached hydrogens (tertiary/aromatic N) is 2. The van der Waals surface area contributed by atoms with Gasteiger partial charge in [0.05, 0.1) is 18.2 Å². The minimum Gasteiger partial charge on any atom is -0.316 e. The van der Waals surface area contributed by atoms with Gasteiger partial charge in [-0.15, -0.1) is 0 Å². The number of rotatable bonds is 2. The van der Waals surface area contributed by atoms with Gasteiger partial charge in [0.2, 0.25) is 0 Å². The molecule has 8 heavy (non-hydrogen) atoms. The zero-order valence-electron chi connectivity index (χ0n) is 4.46. The van der Waals surface area contributed by atoms with E-state index in [1.54, 1.807) is 0 Å². The van der Waals surface area contributed by atoms with E-state index >= 15 is 0 Å². The molecule has 0 rings (SSSR count). The van der Waals surface area contributed by atoms with Crippen LogP contribution in [-0.2, 0) is 0 Å². The van der Waals surface area contributed by atoms with E-state index in [0.29, 0.717) is 12.8 Å². The van der Waals surface area contributed by atoms with Crippen LogP contribution in [0.4, 0.5) is 0 Å². The molecule has 1 atom stereocenters. The molecule has 0 spiro atoms. The maximum Gasteiger partial charge on any atom is 0.0937 e. The summed E-state index contributed by atoms with van der Waals surface area (Å²) >= 11 is 0. The molecule has 0 aromatic heterocycles. The molecule has 0 fully saturated rings. The van der Waals surface area contributed by atoms with Crippen molar-refractivity contribution >= 4 is 0 Å². The first-order valence-electron chi connectivity index (χ1n) is 2.33. The number of nitrogens with two attached hydrogens (primary N) is 1. The average molecular weight is 109 g/mol. The van der Waals surface area contributed by atoms with Crippen molar-refractivity contribution in [3.8, 4) is 12.1 Å². The fourth-order valence-electron chi connectivity index (χ4n) is 0.285. The van der Waals surface area contributed by atoms with Gasteiger partial charge < -0.3 is 5.73 Å². The molecular weight excluding hydrogens is 102 g/mol. The number of nitriles is 2. The Morgan fingerprint density at radius 2 is 2.12 bits per heavy atom. The van der Waals surface area contributed by atoms with Crippen LogP contribution in [-0.4, -0.2) is 6.04 Å². The zero-order valence-corrected chi connectivity index (χ0v) is 4.46. The highest BCUT2D eigenvalue weighted by Crippen LogP contribution is 1.88. The first-order chi connectivity index (χ1) is 3.81. The molecule has 0 aliphatic rings. The predicted octanol–water partition coefficient (Wildman–Crippen LogP) is 0.141.